The van der Waals surface area contributed by atoms with Gasteiger partial charge in [-0.25, -0.2) is 9.59 Å². The van der Waals surface area contributed by atoms with Crippen LogP contribution in [0.3, 0.4) is 0 Å². The van der Waals surface area contributed by atoms with E-state index in [2.05, 4.69) is 10.6 Å². The Balaban J connectivity index is 1.46. The molecule has 27 heavy (non-hydrogen) atoms. The maximum Gasteiger partial charge on any atom is 0.333 e. The van der Waals surface area contributed by atoms with Gasteiger partial charge in [-0.2, -0.15) is 20.2 Å². The SMILES string of the molecule is O=C1N[C@H]2[C@H](CS[C@H]2CCCCC(=O)On2c(O)cc(S(=O)(=O)O)c2O)N1. The molecule has 3 heterocycles. The molecule has 13 heteroatoms. The average molecular weight is 421 g/mol. The van der Waals surface area contributed by atoms with Crippen LogP contribution in [0.25, 0.3) is 0 Å². The highest BCUT2D eigenvalue weighted by Crippen LogP contribution is 2.33. The molecular formula is C14H19N3O8S2. The Morgan fingerprint density at radius 3 is 2.74 bits per heavy atom. The van der Waals surface area contributed by atoms with E-state index in [-0.39, 0.29) is 34.5 Å². The number of carbonyl (C=O) groups is 2. The van der Waals surface area contributed by atoms with Gasteiger partial charge >= 0.3 is 12.0 Å². The predicted molar refractivity (Wildman–Crippen MR) is 93.1 cm³/mol. The van der Waals surface area contributed by atoms with Crippen LogP contribution in [0.15, 0.2) is 11.0 Å². The summed E-state index contributed by atoms with van der Waals surface area (Å²) in [5.41, 5.74) is 0. The van der Waals surface area contributed by atoms with Gasteiger partial charge in [0.15, 0.2) is 4.90 Å². The van der Waals surface area contributed by atoms with Crippen molar-refractivity contribution >= 4 is 33.9 Å². The monoisotopic (exact) mass is 421 g/mol. The van der Waals surface area contributed by atoms with Crippen molar-refractivity contribution in [3.05, 3.63) is 6.07 Å². The highest BCUT2D eigenvalue weighted by Gasteiger charge is 2.42. The molecule has 0 unspecified atom stereocenters. The van der Waals surface area contributed by atoms with Crippen molar-refractivity contribution < 1.29 is 37.6 Å². The van der Waals surface area contributed by atoms with Crippen LogP contribution in [-0.4, -0.2) is 63.0 Å². The fourth-order valence-corrected chi connectivity index (χ4v) is 5.25. The van der Waals surface area contributed by atoms with Crippen molar-refractivity contribution in [2.45, 2.75) is 47.9 Å². The lowest BCUT2D eigenvalue weighted by atomic mass is 10.0. The van der Waals surface area contributed by atoms with Gasteiger partial charge in [-0.05, 0) is 12.8 Å². The molecule has 3 atom stereocenters. The predicted octanol–water partition coefficient (Wildman–Crippen LogP) is -0.173. The lowest BCUT2D eigenvalue weighted by Crippen LogP contribution is -2.36. The average Bonchev–Trinajstić information content (AvgIpc) is 3.19. The maximum atomic E-state index is 11.8. The molecule has 0 saturated carbocycles. The third kappa shape index (κ3) is 4.25. The summed E-state index contributed by atoms with van der Waals surface area (Å²) >= 11 is 1.76. The van der Waals surface area contributed by atoms with Gasteiger partial charge in [0.25, 0.3) is 16.0 Å². The van der Waals surface area contributed by atoms with Crippen LogP contribution < -0.4 is 15.5 Å². The number of fused-ring (bicyclic) bond motifs is 1. The first-order valence-corrected chi connectivity index (χ1v) is 10.7. The molecule has 2 amide bonds. The Hall–Kier alpha value is -2.12. The normalized spacial score (nSPS) is 24.3. The molecule has 2 saturated heterocycles. The van der Waals surface area contributed by atoms with Crippen molar-refractivity contribution in [1.82, 2.24) is 15.4 Å². The second kappa shape index (κ2) is 7.48. The molecule has 2 fully saturated rings. The van der Waals surface area contributed by atoms with Crippen LogP contribution in [0.5, 0.6) is 11.8 Å². The first kappa shape index (κ1) is 19.6. The molecule has 0 bridgehead atoms. The number of urea groups is 1. The molecule has 3 rings (SSSR count). The largest absolute Gasteiger partial charge is 0.492 e. The maximum absolute atomic E-state index is 11.8. The van der Waals surface area contributed by atoms with E-state index in [1.165, 1.54) is 0 Å². The number of hydrogen-bond donors (Lipinski definition) is 5. The molecule has 150 valence electrons. The lowest BCUT2D eigenvalue weighted by molar-refractivity contribution is -0.145. The van der Waals surface area contributed by atoms with Crippen LogP contribution >= 0.6 is 11.8 Å². The number of unbranched alkanes of at least 4 members (excludes halogenated alkanes) is 1. The zero-order valence-corrected chi connectivity index (χ0v) is 15.6. The van der Waals surface area contributed by atoms with Crippen LogP contribution in [-0.2, 0) is 14.9 Å². The number of amides is 2. The third-order valence-electron chi connectivity index (χ3n) is 4.41. The Morgan fingerprint density at radius 1 is 1.33 bits per heavy atom. The molecule has 0 aliphatic carbocycles. The highest BCUT2D eigenvalue weighted by atomic mass is 32.2. The number of aromatic hydroxyl groups is 2. The Bertz CT molecular complexity index is 853. The number of carbonyl (C=O) groups excluding carboxylic acids is 2. The molecule has 0 spiro atoms. The van der Waals surface area contributed by atoms with Gasteiger partial charge < -0.3 is 25.7 Å². The zero-order valence-electron chi connectivity index (χ0n) is 14.0. The van der Waals surface area contributed by atoms with E-state index in [0.717, 1.165) is 12.2 Å². The number of rotatable bonds is 7. The summed E-state index contributed by atoms with van der Waals surface area (Å²) in [5, 5.41) is 25.2. The second-order valence-corrected chi connectivity index (χ2v) is 8.95. The topological polar surface area (TPSA) is 167 Å². The summed E-state index contributed by atoms with van der Waals surface area (Å²) in [6, 6.07) is 0.626. The van der Waals surface area contributed by atoms with E-state index in [4.69, 9.17) is 9.39 Å². The standard InChI is InChI=1S/C14H19N3O8S2/c18-10-5-9(27(22,23)24)13(20)17(10)25-11(19)4-2-1-3-8-12-7(6-26-8)15-14(21)16-12/h5,7-8,12,18,20H,1-4,6H2,(H2,15,16,21)(H,22,23,24)/t7-,8-,12-/m0/s1. The number of thioether (sulfide) groups is 1. The number of hydrogen-bond acceptors (Lipinski definition) is 8. The van der Waals surface area contributed by atoms with Crippen LogP contribution in [0, 0.1) is 0 Å². The summed E-state index contributed by atoms with van der Waals surface area (Å²) in [4.78, 5) is 26.9. The third-order valence-corrected chi connectivity index (χ3v) is 6.77. The van der Waals surface area contributed by atoms with Crippen LogP contribution in [0.1, 0.15) is 25.7 Å². The number of nitrogens with one attached hydrogen (secondary N) is 2. The van der Waals surface area contributed by atoms with Gasteiger partial charge in [0.2, 0.25) is 5.88 Å². The Morgan fingerprint density at radius 2 is 2.07 bits per heavy atom. The van der Waals surface area contributed by atoms with Gasteiger partial charge in [-0.3, -0.25) is 4.55 Å². The highest BCUT2D eigenvalue weighted by molar-refractivity contribution is 8.00. The first-order valence-electron chi connectivity index (χ1n) is 8.18. The summed E-state index contributed by atoms with van der Waals surface area (Å²) in [6.07, 6.45) is 1.96. The molecule has 2 aliphatic heterocycles. The molecule has 0 radical (unpaired) electrons. The van der Waals surface area contributed by atoms with E-state index in [1.807, 2.05) is 0 Å². The molecule has 5 N–H and O–H groups in total. The summed E-state index contributed by atoms with van der Waals surface area (Å²) in [7, 11) is -4.77. The van der Waals surface area contributed by atoms with Gasteiger partial charge in [-0.15, -0.1) is 4.73 Å². The summed E-state index contributed by atoms with van der Waals surface area (Å²) < 4.78 is 31.2. The molecule has 2 aliphatic rings. The van der Waals surface area contributed by atoms with Crippen molar-refractivity contribution in [3.8, 4) is 11.8 Å². The minimum absolute atomic E-state index is 0.0195. The van der Waals surface area contributed by atoms with E-state index in [9.17, 15) is 28.2 Å². The molecular weight excluding hydrogens is 402 g/mol. The Labute approximate surface area is 158 Å². The fourth-order valence-electron chi connectivity index (χ4n) is 3.13. The van der Waals surface area contributed by atoms with Crippen LogP contribution in [0.4, 0.5) is 4.79 Å². The minimum atomic E-state index is -4.77. The number of aromatic nitrogens is 1. The fraction of sp³-hybridized carbons (Fsp3) is 0.571. The van der Waals surface area contributed by atoms with E-state index in [1.54, 1.807) is 11.8 Å². The van der Waals surface area contributed by atoms with Gasteiger partial charge in [0.05, 0.1) is 12.1 Å². The first-order chi connectivity index (χ1) is 12.7. The van der Waals surface area contributed by atoms with Gasteiger partial charge in [0.1, 0.15) is 0 Å². The Kier molecular flexibility index (Phi) is 5.44. The molecule has 0 aromatic carbocycles. The number of nitrogens with zero attached hydrogens (tertiary/aromatic N) is 1. The van der Waals surface area contributed by atoms with Crippen molar-refractivity contribution in [2.24, 2.45) is 0 Å². The van der Waals surface area contributed by atoms with E-state index in [0.29, 0.717) is 18.9 Å². The molecule has 1 aromatic heterocycles. The van der Waals surface area contributed by atoms with Crippen LogP contribution in [0.2, 0.25) is 0 Å². The van der Waals surface area contributed by atoms with Gasteiger partial charge in [0, 0.05) is 23.5 Å². The van der Waals surface area contributed by atoms with E-state index < -0.39 is 32.7 Å². The lowest BCUT2D eigenvalue weighted by Gasteiger charge is -2.16. The minimum Gasteiger partial charge on any atom is -0.492 e. The smallest absolute Gasteiger partial charge is 0.333 e. The van der Waals surface area contributed by atoms with E-state index >= 15 is 0 Å². The second-order valence-electron chi connectivity index (χ2n) is 6.29. The summed E-state index contributed by atoms with van der Waals surface area (Å²) in [5.74, 6) is -1.88. The zero-order chi connectivity index (χ0) is 19.8. The summed E-state index contributed by atoms with van der Waals surface area (Å²) in [6.45, 7) is 0. The quantitative estimate of drug-likeness (QED) is 0.228. The van der Waals surface area contributed by atoms with Crippen molar-refractivity contribution in [2.75, 3.05) is 5.75 Å². The molecule has 1 aromatic rings. The van der Waals surface area contributed by atoms with Crippen molar-refractivity contribution in [1.29, 1.82) is 0 Å². The van der Waals surface area contributed by atoms with Crippen molar-refractivity contribution in [3.63, 3.8) is 0 Å². The molecule has 11 nitrogen and oxygen atoms in total. The van der Waals surface area contributed by atoms with Gasteiger partial charge in [-0.1, -0.05) is 6.42 Å².